The topological polar surface area (TPSA) is 55.4 Å². The molecular formula is C18H19NO3S2. The van der Waals surface area contributed by atoms with Crippen LogP contribution in [0.5, 0.6) is 5.75 Å². The van der Waals surface area contributed by atoms with Crippen LogP contribution in [0.2, 0.25) is 0 Å². The Balaban J connectivity index is 1.68. The molecule has 1 heterocycles. The number of hydrogen-bond acceptors (Lipinski definition) is 4. The average Bonchev–Trinajstić information content (AvgIpc) is 2.95. The Morgan fingerprint density at radius 2 is 1.92 bits per heavy atom. The van der Waals surface area contributed by atoms with E-state index >= 15 is 0 Å². The number of rotatable bonds is 7. The summed E-state index contributed by atoms with van der Waals surface area (Å²) in [5, 5.41) is 1.21. The molecule has 0 aliphatic rings. The predicted octanol–water partition coefficient (Wildman–Crippen LogP) is 4.63. The van der Waals surface area contributed by atoms with E-state index in [-0.39, 0.29) is 5.75 Å². The molecule has 3 aromatic rings. The molecule has 0 amide bonds. The molecule has 0 bridgehead atoms. The molecule has 0 fully saturated rings. The summed E-state index contributed by atoms with van der Waals surface area (Å²) in [7, 11) is -3.29. The van der Waals surface area contributed by atoms with Gasteiger partial charge in [0.05, 0.1) is 11.4 Å². The number of sulfonamides is 1. The highest BCUT2D eigenvalue weighted by atomic mass is 32.2. The Hall–Kier alpha value is -2.05. The van der Waals surface area contributed by atoms with E-state index in [1.165, 1.54) is 10.1 Å². The molecule has 24 heavy (non-hydrogen) atoms. The van der Waals surface area contributed by atoms with Crippen LogP contribution in [-0.4, -0.2) is 14.2 Å². The van der Waals surface area contributed by atoms with Gasteiger partial charge in [-0.15, -0.1) is 11.3 Å². The van der Waals surface area contributed by atoms with Crippen molar-refractivity contribution in [2.45, 2.75) is 20.0 Å². The van der Waals surface area contributed by atoms with Gasteiger partial charge in [-0.05, 0) is 36.1 Å². The Morgan fingerprint density at radius 3 is 2.71 bits per heavy atom. The van der Waals surface area contributed by atoms with Crippen molar-refractivity contribution in [3.63, 3.8) is 0 Å². The number of nitrogens with one attached hydrogen (secondary N) is 1. The van der Waals surface area contributed by atoms with Crippen molar-refractivity contribution >= 4 is 37.1 Å². The monoisotopic (exact) mass is 361 g/mol. The molecule has 126 valence electrons. The normalized spacial score (nSPS) is 11.5. The zero-order valence-electron chi connectivity index (χ0n) is 13.4. The van der Waals surface area contributed by atoms with Gasteiger partial charge < -0.3 is 4.74 Å². The van der Waals surface area contributed by atoms with Crippen LogP contribution >= 0.6 is 11.3 Å². The molecule has 0 radical (unpaired) electrons. The zero-order valence-corrected chi connectivity index (χ0v) is 15.0. The summed E-state index contributed by atoms with van der Waals surface area (Å²) in [4.78, 5) is 1.13. The van der Waals surface area contributed by atoms with Crippen LogP contribution in [0.1, 0.15) is 18.2 Å². The highest BCUT2D eigenvalue weighted by molar-refractivity contribution is 7.92. The van der Waals surface area contributed by atoms with E-state index in [4.69, 9.17) is 4.74 Å². The second-order valence-electron chi connectivity index (χ2n) is 5.49. The minimum Gasteiger partial charge on any atom is -0.488 e. The van der Waals surface area contributed by atoms with E-state index < -0.39 is 10.0 Å². The molecule has 0 saturated carbocycles. The third kappa shape index (κ3) is 4.27. The standard InChI is InChI=1S/C18H19NO3S2/c1-2-10-24(20,21)19-15-7-5-8-16(12-15)22-13-17-11-14-6-3-4-9-18(14)23-17/h3-9,11-12,19H,2,10,13H2,1H3. The van der Waals surface area contributed by atoms with Gasteiger partial charge in [0.25, 0.3) is 0 Å². The van der Waals surface area contributed by atoms with E-state index in [2.05, 4.69) is 22.9 Å². The van der Waals surface area contributed by atoms with Crippen molar-refractivity contribution in [3.05, 3.63) is 59.5 Å². The first-order valence-corrected chi connectivity index (χ1v) is 10.2. The first-order chi connectivity index (χ1) is 11.6. The molecule has 0 spiro atoms. The Morgan fingerprint density at radius 1 is 1.08 bits per heavy atom. The first kappa shape index (κ1) is 16.8. The second kappa shape index (κ2) is 7.23. The van der Waals surface area contributed by atoms with E-state index in [1.54, 1.807) is 29.5 Å². The molecule has 0 aliphatic heterocycles. The van der Waals surface area contributed by atoms with Crippen LogP contribution in [-0.2, 0) is 16.6 Å². The molecule has 6 heteroatoms. The summed E-state index contributed by atoms with van der Waals surface area (Å²) in [6, 6.07) is 17.4. The largest absolute Gasteiger partial charge is 0.488 e. The SMILES string of the molecule is CCCS(=O)(=O)Nc1cccc(OCc2cc3ccccc3s2)c1. The van der Waals surface area contributed by atoms with E-state index in [1.807, 2.05) is 25.1 Å². The van der Waals surface area contributed by atoms with Gasteiger partial charge in [0, 0.05) is 15.6 Å². The van der Waals surface area contributed by atoms with Crippen LogP contribution in [0.3, 0.4) is 0 Å². The van der Waals surface area contributed by atoms with Crippen LogP contribution in [0.25, 0.3) is 10.1 Å². The van der Waals surface area contributed by atoms with Gasteiger partial charge in [0.1, 0.15) is 12.4 Å². The third-order valence-electron chi connectivity index (χ3n) is 3.44. The van der Waals surface area contributed by atoms with Crippen LogP contribution < -0.4 is 9.46 Å². The van der Waals surface area contributed by atoms with E-state index in [9.17, 15) is 8.42 Å². The van der Waals surface area contributed by atoms with Gasteiger partial charge in [0.15, 0.2) is 0 Å². The van der Waals surface area contributed by atoms with Crippen LogP contribution in [0.15, 0.2) is 54.6 Å². The summed E-state index contributed by atoms with van der Waals surface area (Å²) in [6.07, 6.45) is 0.581. The lowest BCUT2D eigenvalue weighted by Crippen LogP contribution is -2.16. The zero-order chi connectivity index (χ0) is 17.0. The minimum atomic E-state index is -3.29. The fourth-order valence-corrected chi connectivity index (χ4v) is 4.51. The lowest BCUT2D eigenvalue weighted by Gasteiger charge is -2.09. The van der Waals surface area contributed by atoms with Gasteiger partial charge in [-0.25, -0.2) is 8.42 Å². The maximum atomic E-state index is 11.8. The maximum Gasteiger partial charge on any atom is 0.232 e. The van der Waals surface area contributed by atoms with Crippen molar-refractivity contribution in [2.75, 3.05) is 10.5 Å². The summed E-state index contributed by atoms with van der Waals surface area (Å²) in [5.41, 5.74) is 0.525. The highest BCUT2D eigenvalue weighted by Gasteiger charge is 2.09. The number of hydrogen-bond donors (Lipinski definition) is 1. The molecule has 0 aliphatic carbocycles. The second-order valence-corrected chi connectivity index (χ2v) is 8.50. The van der Waals surface area contributed by atoms with Gasteiger partial charge >= 0.3 is 0 Å². The number of anilines is 1. The molecule has 2 aromatic carbocycles. The first-order valence-electron chi connectivity index (χ1n) is 7.76. The average molecular weight is 361 g/mol. The van der Waals surface area contributed by atoms with Gasteiger partial charge in [-0.2, -0.15) is 0 Å². The van der Waals surface area contributed by atoms with Gasteiger partial charge in [0.2, 0.25) is 10.0 Å². The Labute approximate surface area is 146 Å². The summed E-state index contributed by atoms with van der Waals surface area (Å²) >= 11 is 1.70. The quantitative estimate of drug-likeness (QED) is 0.667. The minimum absolute atomic E-state index is 0.111. The number of fused-ring (bicyclic) bond motifs is 1. The van der Waals surface area contributed by atoms with Crippen molar-refractivity contribution < 1.29 is 13.2 Å². The Bertz CT molecular complexity index is 899. The predicted molar refractivity (Wildman–Crippen MR) is 100 cm³/mol. The van der Waals surface area contributed by atoms with Crippen molar-refractivity contribution in [2.24, 2.45) is 0 Å². The van der Waals surface area contributed by atoms with E-state index in [0.717, 1.165) is 4.88 Å². The molecule has 1 aromatic heterocycles. The van der Waals surface area contributed by atoms with Crippen molar-refractivity contribution in [1.82, 2.24) is 0 Å². The van der Waals surface area contributed by atoms with Crippen molar-refractivity contribution in [3.8, 4) is 5.75 Å². The van der Waals surface area contributed by atoms with Gasteiger partial charge in [-0.1, -0.05) is 31.2 Å². The maximum absolute atomic E-state index is 11.8. The van der Waals surface area contributed by atoms with E-state index in [0.29, 0.717) is 24.5 Å². The molecule has 3 rings (SSSR count). The third-order valence-corrected chi connectivity index (χ3v) is 6.02. The number of thiophene rings is 1. The number of ether oxygens (including phenoxy) is 1. The molecule has 0 unspecified atom stereocenters. The van der Waals surface area contributed by atoms with Crippen LogP contribution in [0.4, 0.5) is 5.69 Å². The van der Waals surface area contributed by atoms with Crippen LogP contribution in [0, 0.1) is 0 Å². The fourth-order valence-electron chi connectivity index (χ4n) is 2.41. The smallest absolute Gasteiger partial charge is 0.232 e. The summed E-state index contributed by atoms with van der Waals surface area (Å²) in [5.74, 6) is 0.754. The lowest BCUT2D eigenvalue weighted by molar-refractivity contribution is 0.310. The molecule has 0 saturated heterocycles. The summed E-state index contributed by atoms with van der Waals surface area (Å²) < 4.78 is 33.3. The molecule has 1 N–H and O–H groups in total. The summed E-state index contributed by atoms with van der Waals surface area (Å²) in [6.45, 7) is 2.30. The molecule has 4 nitrogen and oxygen atoms in total. The molecular weight excluding hydrogens is 342 g/mol. The lowest BCUT2D eigenvalue weighted by atomic mass is 10.2. The number of benzene rings is 2. The fraction of sp³-hybridized carbons (Fsp3) is 0.222. The highest BCUT2D eigenvalue weighted by Crippen LogP contribution is 2.27. The molecule has 0 atom stereocenters. The van der Waals surface area contributed by atoms with Crippen molar-refractivity contribution in [1.29, 1.82) is 0 Å². The van der Waals surface area contributed by atoms with Gasteiger partial charge in [-0.3, -0.25) is 4.72 Å². The Kier molecular flexibility index (Phi) is 5.06.